The van der Waals surface area contributed by atoms with Crippen molar-refractivity contribution in [2.45, 2.75) is 0 Å². The first-order valence-electron chi connectivity index (χ1n) is 5.30. The topological polar surface area (TPSA) is 69.6 Å². The number of methoxy groups -OCH3 is 1. The van der Waals surface area contributed by atoms with E-state index in [1.54, 1.807) is 25.3 Å². The van der Waals surface area contributed by atoms with Crippen molar-refractivity contribution in [2.24, 2.45) is 0 Å². The molecule has 92 valence electrons. The highest BCUT2D eigenvalue weighted by molar-refractivity contribution is 5.91. The Morgan fingerprint density at radius 1 is 1.17 bits per heavy atom. The molecule has 0 aliphatic carbocycles. The van der Waals surface area contributed by atoms with Gasteiger partial charge in [-0.05, 0) is 29.3 Å². The minimum absolute atomic E-state index is 0.221. The Labute approximate surface area is 104 Å². The van der Waals surface area contributed by atoms with Crippen LogP contribution in [0, 0.1) is 0 Å². The Balaban J connectivity index is 2.45. The summed E-state index contributed by atoms with van der Waals surface area (Å²) in [4.78, 5) is 10.8. The van der Waals surface area contributed by atoms with Gasteiger partial charge in [-0.1, -0.05) is 30.0 Å². The highest BCUT2D eigenvalue weighted by Gasteiger charge is 2.05. The zero-order chi connectivity index (χ0) is 13.1. The molecule has 0 amide bonds. The van der Waals surface area contributed by atoms with Gasteiger partial charge >= 0.3 is 5.97 Å². The fraction of sp³-hybridized carbons (Fsp3) is 0.0714. The first-order chi connectivity index (χ1) is 8.61. The smallest absolute Gasteiger partial charge is 0.335 e. The standard InChI is InChI=1S/C14H12O4/c1-18-11-4-2-3-9(7-11)10-5-6-12(14(16)17)13(15)8-10/h2-8,15H,1H3,(H,16,17)/p-1. The summed E-state index contributed by atoms with van der Waals surface area (Å²) in [6.07, 6.45) is 0. The molecule has 0 radical (unpaired) electrons. The highest BCUT2D eigenvalue weighted by Crippen LogP contribution is 2.27. The van der Waals surface area contributed by atoms with Crippen LogP contribution < -0.4 is 9.84 Å². The van der Waals surface area contributed by atoms with Crippen molar-refractivity contribution < 1.29 is 19.7 Å². The summed E-state index contributed by atoms with van der Waals surface area (Å²) in [5.41, 5.74) is 1.26. The monoisotopic (exact) mass is 243 g/mol. The lowest BCUT2D eigenvalue weighted by molar-refractivity contribution is -0.268. The van der Waals surface area contributed by atoms with Gasteiger partial charge in [-0.2, -0.15) is 0 Å². The lowest BCUT2D eigenvalue weighted by atomic mass is 10.0. The van der Waals surface area contributed by atoms with Crippen LogP contribution in [0.15, 0.2) is 42.5 Å². The van der Waals surface area contributed by atoms with Crippen molar-refractivity contribution in [2.75, 3.05) is 7.11 Å². The number of hydrogen-bond donors (Lipinski definition) is 1. The predicted octanol–water partition coefficient (Wildman–Crippen LogP) is 2.13. The highest BCUT2D eigenvalue weighted by atomic mass is 16.5. The van der Waals surface area contributed by atoms with Crippen molar-refractivity contribution in [3.63, 3.8) is 0 Å². The SMILES string of the molecule is COc1cccc(-c2ccc(C(=O)O)c([O-])c2)c1. The van der Waals surface area contributed by atoms with E-state index >= 15 is 0 Å². The number of hydrogen-bond acceptors (Lipinski definition) is 3. The van der Waals surface area contributed by atoms with Crippen molar-refractivity contribution in [1.29, 1.82) is 0 Å². The first kappa shape index (κ1) is 12.0. The molecule has 18 heavy (non-hydrogen) atoms. The summed E-state index contributed by atoms with van der Waals surface area (Å²) < 4.78 is 5.10. The maximum Gasteiger partial charge on any atom is 0.335 e. The van der Waals surface area contributed by atoms with E-state index in [9.17, 15) is 9.90 Å². The molecule has 0 heterocycles. The second-order valence-electron chi connectivity index (χ2n) is 3.75. The van der Waals surface area contributed by atoms with Crippen LogP contribution in [0.3, 0.4) is 0 Å². The van der Waals surface area contributed by atoms with Crippen molar-refractivity contribution >= 4 is 5.97 Å². The van der Waals surface area contributed by atoms with Crippen LogP contribution in [-0.4, -0.2) is 18.2 Å². The molecule has 0 bridgehead atoms. The van der Waals surface area contributed by atoms with E-state index in [1.807, 2.05) is 12.1 Å². The molecule has 2 aromatic rings. The fourth-order valence-corrected chi connectivity index (χ4v) is 1.68. The van der Waals surface area contributed by atoms with Gasteiger partial charge in [-0.15, -0.1) is 0 Å². The molecule has 4 nitrogen and oxygen atoms in total. The molecule has 0 aromatic heterocycles. The Morgan fingerprint density at radius 2 is 1.89 bits per heavy atom. The van der Waals surface area contributed by atoms with E-state index in [1.165, 1.54) is 12.1 Å². The van der Waals surface area contributed by atoms with Gasteiger partial charge in [0.25, 0.3) is 0 Å². The number of aromatic carboxylic acids is 1. The Morgan fingerprint density at radius 3 is 2.50 bits per heavy atom. The molecule has 0 saturated heterocycles. The lowest BCUT2D eigenvalue weighted by Gasteiger charge is -2.12. The second-order valence-corrected chi connectivity index (χ2v) is 3.75. The van der Waals surface area contributed by atoms with Crippen LogP contribution in [0.2, 0.25) is 0 Å². The third-order valence-corrected chi connectivity index (χ3v) is 2.62. The molecule has 0 aliphatic rings. The third kappa shape index (κ3) is 2.27. The predicted molar refractivity (Wildman–Crippen MR) is 64.8 cm³/mol. The summed E-state index contributed by atoms with van der Waals surface area (Å²) in [6.45, 7) is 0. The van der Waals surface area contributed by atoms with Crippen molar-refractivity contribution in [3.8, 4) is 22.6 Å². The van der Waals surface area contributed by atoms with E-state index in [4.69, 9.17) is 9.84 Å². The van der Waals surface area contributed by atoms with Gasteiger partial charge in [0.1, 0.15) is 5.75 Å². The van der Waals surface area contributed by atoms with Crippen LogP contribution in [0.5, 0.6) is 11.5 Å². The molecule has 2 rings (SSSR count). The minimum Gasteiger partial charge on any atom is -0.872 e. The Hall–Kier alpha value is -2.49. The molecule has 0 saturated carbocycles. The van der Waals surface area contributed by atoms with Crippen molar-refractivity contribution in [3.05, 3.63) is 48.0 Å². The van der Waals surface area contributed by atoms with Crippen molar-refractivity contribution in [1.82, 2.24) is 0 Å². The van der Waals surface area contributed by atoms with Gasteiger partial charge in [0.15, 0.2) is 0 Å². The summed E-state index contributed by atoms with van der Waals surface area (Å²) >= 11 is 0. The quantitative estimate of drug-likeness (QED) is 0.896. The average molecular weight is 243 g/mol. The van der Waals surface area contributed by atoms with Gasteiger partial charge in [0.05, 0.1) is 12.7 Å². The van der Waals surface area contributed by atoms with Crippen LogP contribution in [0.1, 0.15) is 10.4 Å². The third-order valence-electron chi connectivity index (χ3n) is 2.62. The van der Waals surface area contributed by atoms with E-state index in [0.29, 0.717) is 11.3 Å². The minimum atomic E-state index is -1.21. The van der Waals surface area contributed by atoms with Crippen LogP contribution in [0.4, 0.5) is 0 Å². The normalized spacial score (nSPS) is 10.1. The number of benzene rings is 2. The largest absolute Gasteiger partial charge is 0.872 e. The van der Waals surface area contributed by atoms with Gasteiger partial charge in [-0.3, -0.25) is 0 Å². The first-order valence-corrected chi connectivity index (χ1v) is 5.30. The number of ether oxygens (including phenoxy) is 1. The van der Waals surface area contributed by atoms with E-state index in [0.717, 1.165) is 5.56 Å². The average Bonchev–Trinajstić information content (AvgIpc) is 2.38. The molecular formula is C14H11O4-. The molecule has 0 unspecified atom stereocenters. The number of carboxylic acid groups (broad SMARTS) is 1. The molecule has 0 aliphatic heterocycles. The molecule has 0 atom stereocenters. The van der Waals surface area contributed by atoms with E-state index in [-0.39, 0.29) is 5.56 Å². The zero-order valence-corrected chi connectivity index (χ0v) is 9.71. The summed E-state index contributed by atoms with van der Waals surface area (Å²) in [7, 11) is 1.56. The maximum atomic E-state index is 11.6. The molecule has 2 aromatic carbocycles. The van der Waals surface area contributed by atoms with Gasteiger partial charge in [-0.25, -0.2) is 4.79 Å². The maximum absolute atomic E-state index is 11.6. The summed E-state index contributed by atoms with van der Waals surface area (Å²) in [5.74, 6) is -1.03. The Kier molecular flexibility index (Phi) is 3.19. The molecule has 0 spiro atoms. The molecular weight excluding hydrogens is 232 g/mol. The van der Waals surface area contributed by atoms with Crippen LogP contribution >= 0.6 is 0 Å². The second kappa shape index (κ2) is 4.79. The zero-order valence-electron chi connectivity index (χ0n) is 9.71. The van der Waals surface area contributed by atoms with E-state index < -0.39 is 11.7 Å². The summed E-state index contributed by atoms with van der Waals surface area (Å²) in [5, 5.41) is 20.4. The van der Waals surface area contributed by atoms with Gasteiger partial charge in [0, 0.05) is 0 Å². The van der Waals surface area contributed by atoms with Gasteiger partial charge < -0.3 is 14.9 Å². The molecule has 1 N–H and O–H groups in total. The van der Waals surface area contributed by atoms with Crippen LogP contribution in [-0.2, 0) is 0 Å². The number of rotatable bonds is 3. The van der Waals surface area contributed by atoms with Gasteiger partial charge in [0.2, 0.25) is 0 Å². The fourth-order valence-electron chi connectivity index (χ4n) is 1.68. The lowest BCUT2D eigenvalue weighted by Crippen LogP contribution is -2.03. The van der Waals surface area contributed by atoms with Crippen LogP contribution in [0.25, 0.3) is 11.1 Å². The number of carboxylic acids is 1. The summed E-state index contributed by atoms with van der Waals surface area (Å²) in [6, 6.07) is 11.5. The Bertz CT molecular complexity index is 590. The molecule has 4 heteroatoms. The van der Waals surface area contributed by atoms with E-state index in [2.05, 4.69) is 0 Å². The molecule has 0 fully saturated rings. The number of carbonyl (C=O) groups is 1.